The summed E-state index contributed by atoms with van der Waals surface area (Å²) in [4.78, 5) is 37.2. The van der Waals surface area contributed by atoms with Crippen LogP contribution < -0.4 is 10.1 Å². The Kier molecular flexibility index (Phi) is 6.33. The van der Waals surface area contributed by atoms with E-state index in [2.05, 4.69) is 5.32 Å². The first kappa shape index (κ1) is 18.7. The number of nitrogens with one attached hydrogen (secondary N) is 1. The van der Waals surface area contributed by atoms with Crippen LogP contribution in [0.4, 0.5) is 0 Å². The Morgan fingerprint density at radius 1 is 1.16 bits per heavy atom. The van der Waals surface area contributed by atoms with E-state index in [1.54, 1.807) is 35.2 Å². The molecule has 0 spiro atoms. The van der Waals surface area contributed by atoms with Gasteiger partial charge in [0.2, 0.25) is 5.91 Å². The van der Waals surface area contributed by atoms with Crippen LogP contribution >= 0.6 is 0 Å². The number of likely N-dealkylation sites (tertiary alicyclic amines) is 1. The molecule has 2 amide bonds. The van der Waals surface area contributed by atoms with Crippen molar-refractivity contribution >= 4 is 17.8 Å². The number of carbonyl (C=O) groups is 3. The van der Waals surface area contributed by atoms with Crippen LogP contribution in [-0.2, 0) is 9.59 Å². The number of piperidine rings is 1. The monoisotopic (exact) mass is 344 g/mol. The van der Waals surface area contributed by atoms with Crippen molar-refractivity contribution in [2.45, 2.75) is 39.7 Å². The van der Waals surface area contributed by atoms with Crippen molar-refractivity contribution in [3.63, 3.8) is 0 Å². The lowest BCUT2D eigenvalue weighted by atomic mass is 10.0. The minimum atomic E-state index is -0.419. The van der Waals surface area contributed by atoms with Gasteiger partial charge in [0, 0.05) is 37.7 Å². The minimum absolute atomic E-state index is 0.0829. The molecule has 1 aromatic rings. The van der Waals surface area contributed by atoms with E-state index in [-0.39, 0.29) is 17.9 Å². The number of benzene rings is 1. The van der Waals surface area contributed by atoms with Gasteiger partial charge in [-0.1, -0.05) is 11.6 Å². The number of carbonyl (C=O) groups excluding carboxylic acids is 3. The van der Waals surface area contributed by atoms with Crippen LogP contribution in [0.3, 0.4) is 0 Å². The SMILES string of the molecule is CC(=O)Oc1cccc(C(=O)N2CCC(NC(=O)C=C(C)C)CC2)c1. The van der Waals surface area contributed by atoms with E-state index in [4.69, 9.17) is 4.74 Å². The van der Waals surface area contributed by atoms with E-state index in [1.807, 2.05) is 13.8 Å². The van der Waals surface area contributed by atoms with Gasteiger partial charge < -0.3 is 15.0 Å². The number of nitrogens with zero attached hydrogens (tertiary/aromatic N) is 1. The molecule has 25 heavy (non-hydrogen) atoms. The van der Waals surface area contributed by atoms with Gasteiger partial charge >= 0.3 is 5.97 Å². The molecule has 2 rings (SSSR count). The predicted molar refractivity (Wildman–Crippen MR) is 94.3 cm³/mol. The Hall–Kier alpha value is -2.63. The molecule has 0 radical (unpaired) electrons. The molecular weight excluding hydrogens is 320 g/mol. The molecule has 0 atom stereocenters. The van der Waals surface area contributed by atoms with E-state index in [1.165, 1.54) is 6.92 Å². The lowest BCUT2D eigenvalue weighted by Crippen LogP contribution is -2.46. The summed E-state index contributed by atoms with van der Waals surface area (Å²) in [6.07, 6.45) is 3.02. The molecule has 0 unspecified atom stereocenters. The number of esters is 1. The normalized spacial score (nSPS) is 14.6. The average Bonchev–Trinajstić information content (AvgIpc) is 2.53. The topological polar surface area (TPSA) is 75.7 Å². The molecule has 1 aliphatic rings. The standard InChI is InChI=1S/C19H24N2O4/c1-13(2)11-18(23)20-16-7-9-21(10-8-16)19(24)15-5-4-6-17(12-15)25-14(3)22/h4-6,11-12,16H,7-10H2,1-3H3,(H,20,23). The first-order valence-corrected chi connectivity index (χ1v) is 8.38. The highest BCUT2D eigenvalue weighted by molar-refractivity contribution is 5.95. The Labute approximate surface area is 147 Å². The maximum absolute atomic E-state index is 12.6. The molecule has 0 aliphatic carbocycles. The fourth-order valence-corrected chi connectivity index (χ4v) is 2.77. The maximum atomic E-state index is 12.6. The molecule has 1 aliphatic heterocycles. The van der Waals surface area contributed by atoms with Gasteiger partial charge in [0.15, 0.2) is 0 Å². The summed E-state index contributed by atoms with van der Waals surface area (Å²) < 4.78 is 5.02. The number of rotatable bonds is 4. The number of ether oxygens (including phenoxy) is 1. The fourth-order valence-electron chi connectivity index (χ4n) is 2.77. The second-order valence-electron chi connectivity index (χ2n) is 6.42. The largest absolute Gasteiger partial charge is 0.427 e. The van der Waals surface area contributed by atoms with Gasteiger partial charge in [-0.05, 0) is 44.9 Å². The summed E-state index contributed by atoms with van der Waals surface area (Å²) in [5.74, 6) is -0.235. The van der Waals surface area contributed by atoms with E-state index in [0.717, 1.165) is 18.4 Å². The van der Waals surface area contributed by atoms with Crippen LogP contribution in [0.2, 0.25) is 0 Å². The van der Waals surface area contributed by atoms with Gasteiger partial charge in [-0.25, -0.2) is 0 Å². The second-order valence-corrected chi connectivity index (χ2v) is 6.42. The summed E-state index contributed by atoms with van der Waals surface area (Å²) in [6.45, 7) is 6.24. The third kappa shape index (κ3) is 5.74. The number of hydrogen-bond acceptors (Lipinski definition) is 4. The second kappa shape index (κ2) is 8.46. The van der Waals surface area contributed by atoms with Gasteiger partial charge in [-0.2, -0.15) is 0 Å². The average molecular weight is 344 g/mol. The highest BCUT2D eigenvalue weighted by Crippen LogP contribution is 2.18. The molecule has 1 saturated heterocycles. The van der Waals surface area contributed by atoms with Crippen molar-refractivity contribution in [1.29, 1.82) is 0 Å². The summed E-state index contributed by atoms with van der Waals surface area (Å²) >= 11 is 0. The molecule has 1 N–H and O–H groups in total. The van der Waals surface area contributed by atoms with E-state index in [0.29, 0.717) is 24.4 Å². The summed E-state index contributed by atoms with van der Waals surface area (Å²) in [6, 6.07) is 6.70. The molecule has 134 valence electrons. The maximum Gasteiger partial charge on any atom is 0.308 e. The van der Waals surface area contributed by atoms with Crippen molar-refractivity contribution in [3.05, 3.63) is 41.5 Å². The van der Waals surface area contributed by atoms with Crippen molar-refractivity contribution in [3.8, 4) is 5.75 Å². The van der Waals surface area contributed by atoms with Gasteiger partial charge in [-0.15, -0.1) is 0 Å². The fraction of sp³-hybridized carbons (Fsp3) is 0.421. The zero-order chi connectivity index (χ0) is 18.4. The number of amides is 2. The molecular formula is C19H24N2O4. The lowest BCUT2D eigenvalue weighted by Gasteiger charge is -2.32. The van der Waals surface area contributed by atoms with Gasteiger partial charge in [0.25, 0.3) is 5.91 Å². The first-order chi connectivity index (χ1) is 11.8. The highest BCUT2D eigenvalue weighted by atomic mass is 16.5. The highest BCUT2D eigenvalue weighted by Gasteiger charge is 2.24. The Morgan fingerprint density at radius 3 is 2.44 bits per heavy atom. The van der Waals surface area contributed by atoms with Crippen molar-refractivity contribution in [2.24, 2.45) is 0 Å². The Morgan fingerprint density at radius 2 is 1.84 bits per heavy atom. The molecule has 1 heterocycles. The van der Waals surface area contributed by atoms with Crippen LogP contribution in [0, 0.1) is 0 Å². The minimum Gasteiger partial charge on any atom is -0.427 e. The molecule has 1 fully saturated rings. The van der Waals surface area contributed by atoms with Gasteiger partial charge in [0.1, 0.15) is 5.75 Å². The molecule has 6 heteroatoms. The molecule has 6 nitrogen and oxygen atoms in total. The van der Waals surface area contributed by atoms with Crippen LogP contribution in [0.1, 0.15) is 44.0 Å². The van der Waals surface area contributed by atoms with Crippen LogP contribution in [0.15, 0.2) is 35.9 Å². The van der Waals surface area contributed by atoms with Crippen molar-refractivity contribution in [1.82, 2.24) is 10.2 Å². The smallest absolute Gasteiger partial charge is 0.308 e. The van der Waals surface area contributed by atoms with Crippen LogP contribution in [0.25, 0.3) is 0 Å². The quantitative estimate of drug-likeness (QED) is 0.517. The predicted octanol–water partition coefficient (Wildman–Crippen LogP) is 2.30. The zero-order valence-electron chi connectivity index (χ0n) is 14.9. The molecule has 1 aromatic carbocycles. The van der Waals surface area contributed by atoms with Gasteiger partial charge in [0.05, 0.1) is 0 Å². The lowest BCUT2D eigenvalue weighted by molar-refractivity contribution is -0.131. The van der Waals surface area contributed by atoms with Gasteiger partial charge in [-0.3, -0.25) is 14.4 Å². The summed E-state index contributed by atoms with van der Waals surface area (Å²) in [5, 5.41) is 2.97. The van der Waals surface area contributed by atoms with E-state index in [9.17, 15) is 14.4 Å². The summed E-state index contributed by atoms with van der Waals surface area (Å²) in [7, 11) is 0. The number of allylic oxidation sites excluding steroid dienone is 1. The third-order valence-electron chi connectivity index (χ3n) is 3.89. The van der Waals surface area contributed by atoms with Crippen LogP contribution in [-0.4, -0.2) is 41.8 Å². The zero-order valence-corrected chi connectivity index (χ0v) is 14.9. The number of hydrogen-bond donors (Lipinski definition) is 1. The molecule has 0 bridgehead atoms. The summed E-state index contributed by atoms with van der Waals surface area (Å²) in [5.41, 5.74) is 1.45. The Bertz CT molecular complexity index is 684. The molecule has 0 saturated carbocycles. The molecule has 0 aromatic heterocycles. The first-order valence-electron chi connectivity index (χ1n) is 8.38. The Balaban J connectivity index is 1.92. The van der Waals surface area contributed by atoms with Crippen molar-refractivity contribution in [2.75, 3.05) is 13.1 Å². The van der Waals surface area contributed by atoms with E-state index < -0.39 is 5.97 Å². The third-order valence-corrected chi connectivity index (χ3v) is 3.89. The van der Waals surface area contributed by atoms with Crippen LogP contribution in [0.5, 0.6) is 5.75 Å². The van der Waals surface area contributed by atoms with E-state index >= 15 is 0 Å². The van der Waals surface area contributed by atoms with Crippen molar-refractivity contribution < 1.29 is 19.1 Å².